The number of carbonyl (C=O) groups excluding carboxylic acids is 4. The summed E-state index contributed by atoms with van der Waals surface area (Å²) in [6.07, 6.45) is 16.2. The van der Waals surface area contributed by atoms with Crippen LogP contribution in [0.4, 0.5) is 0 Å². The predicted octanol–water partition coefficient (Wildman–Crippen LogP) is 2.19. The summed E-state index contributed by atoms with van der Waals surface area (Å²) in [7, 11) is 1.31. The molecule has 0 radical (unpaired) electrons. The van der Waals surface area contributed by atoms with Crippen LogP contribution in [-0.2, 0) is 23.9 Å². The van der Waals surface area contributed by atoms with Crippen molar-refractivity contribution in [3.8, 4) is 0 Å². The van der Waals surface area contributed by atoms with Gasteiger partial charge in [0.15, 0.2) is 0 Å². The molecular weight excluding hydrogens is 518 g/mol. The molecule has 0 aromatic heterocycles. The van der Waals surface area contributed by atoms with E-state index in [1.54, 1.807) is 0 Å². The molecule has 3 aliphatic carbocycles. The highest BCUT2D eigenvalue weighted by Crippen LogP contribution is 2.29. The third-order valence-electron chi connectivity index (χ3n) is 7.84. The van der Waals surface area contributed by atoms with Gasteiger partial charge in [-0.15, -0.1) is 0 Å². The van der Waals surface area contributed by atoms with Gasteiger partial charge < -0.3 is 21.1 Å². The number of methoxy groups -OCH3 is 1. The van der Waals surface area contributed by atoms with E-state index in [-0.39, 0.29) is 47.8 Å². The zero-order valence-corrected chi connectivity index (χ0v) is 24.5. The largest absolute Gasteiger partial charge is 0.468 e. The maximum atomic E-state index is 11.0. The molecule has 1 amide bonds. The number of Topliss-reactive ketones (excluding diaryl/α,β-unsaturated/α-hetero) is 2. The maximum absolute atomic E-state index is 11.0. The van der Waals surface area contributed by atoms with Gasteiger partial charge in [0, 0.05) is 29.8 Å². The van der Waals surface area contributed by atoms with Gasteiger partial charge in [0.25, 0.3) is 0 Å². The molecule has 1 aliphatic heterocycles. The number of carbonyl (C=O) groups is 4. The van der Waals surface area contributed by atoms with Gasteiger partial charge in [0.05, 0.1) is 32.3 Å². The monoisotopic (exact) mass is 569 g/mol. The number of ether oxygens (including phenoxy) is 1. The minimum absolute atomic E-state index is 0.0324. The lowest BCUT2D eigenvalue weighted by atomic mass is 9.80. The Labute approximate surface area is 238 Å². The Morgan fingerprint density at radius 3 is 1.90 bits per heavy atom. The van der Waals surface area contributed by atoms with Crippen LogP contribution in [0, 0.1) is 10.1 Å². The van der Waals surface area contributed by atoms with E-state index in [1.165, 1.54) is 52.6 Å². The summed E-state index contributed by atoms with van der Waals surface area (Å²) in [5.41, 5.74) is 4.56. The van der Waals surface area contributed by atoms with E-state index < -0.39 is 5.54 Å². The molecule has 4 aliphatic rings. The topological polar surface area (TPSA) is 183 Å². The van der Waals surface area contributed by atoms with Crippen molar-refractivity contribution < 1.29 is 28.8 Å². The third-order valence-corrected chi connectivity index (χ3v) is 7.84. The summed E-state index contributed by atoms with van der Waals surface area (Å²) in [5, 5.41) is 20.0. The SMILES string of the molecule is CC(=O)CN.COC(=O)CNC1(C[N+](=O)[O-])CCCCC1.O=C1CCCCC1.O=C1CNC2(CCCCC2)CN1. The van der Waals surface area contributed by atoms with Crippen LogP contribution in [0.5, 0.6) is 0 Å². The van der Waals surface area contributed by atoms with E-state index in [0.29, 0.717) is 12.3 Å². The number of amides is 1. The van der Waals surface area contributed by atoms with Crippen molar-refractivity contribution in [1.82, 2.24) is 16.0 Å². The molecule has 230 valence electrons. The van der Waals surface area contributed by atoms with Crippen LogP contribution in [0.15, 0.2) is 0 Å². The zero-order valence-electron chi connectivity index (χ0n) is 24.5. The molecule has 12 heteroatoms. The summed E-state index contributed by atoms with van der Waals surface area (Å²) < 4.78 is 4.52. The number of nitrogens with one attached hydrogen (secondary N) is 3. The summed E-state index contributed by atoms with van der Waals surface area (Å²) in [4.78, 5) is 52.4. The first-order chi connectivity index (χ1) is 19.1. The van der Waals surface area contributed by atoms with Gasteiger partial charge in [0.1, 0.15) is 11.6 Å². The second-order valence-corrected chi connectivity index (χ2v) is 11.2. The number of hydrogen-bond acceptors (Lipinski definition) is 10. The van der Waals surface area contributed by atoms with Crippen LogP contribution >= 0.6 is 0 Å². The number of esters is 1. The molecule has 0 bridgehead atoms. The second-order valence-electron chi connectivity index (χ2n) is 11.2. The van der Waals surface area contributed by atoms with Crippen LogP contribution in [-0.4, -0.2) is 79.3 Å². The molecule has 12 nitrogen and oxygen atoms in total. The normalized spacial score (nSPS) is 21.1. The standard InChI is InChI=1S/C10H18N2O4.C9H16N2O.C6H10O.C3H7NO/c1-16-9(13)7-11-10(8-12(14)15)5-3-2-4-6-10;12-8-6-11-9(7-10-8)4-2-1-3-5-9;7-6-4-2-1-3-5-6;1-3(5)2-4/h11H,2-8H2,1H3;11H,1-7H2,(H,10,12);1-5H2;2,4H2,1H3. The predicted molar refractivity (Wildman–Crippen MR) is 152 cm³/mol. The Kier molecular flexibility index (Phi) is 17.4. The quantitative estimate of drug-likeness (QED) is 0.210. The van der Waals surface area contributed by atoms with Crippen LogP contribution < -0.4 is 21.7 Å². The van der Waals surface area contributed by atoms with Gasteiger partial charge in [-0.1, -0.05) is 44.9 Å². The molecule has 4 fully saturated rings. The number of rotatable bonds is 6. The number of ketones is 2. The number of nitro groups is 1. The van der Waals surface area contributed by atoms with E-state index in [1.807, 2.05) is 0 Å². The lowest BCUT2D eigenvalue weighted by molar-refractivity contribution is -0.492. The molecule has 3 saturated carbocycles. The summed E-state index contributed by atoms with van der Waals surface area (Å²) in [5.74, 6) is 0.260. The lowest BCUT2D eigenvalue weighted by Crippen LogP contribution is -2.61. The van der Waals surface area contributed by atoms with Crippen molar-refractivity contribution in [2.24, 2.45) is 5.73 Å². The fourth-order valence-corrected chi connectivity index (χ4v) is 5.39. The highest BCUT2D eigenvalue weighted by Gasteiger charge is 2.37. The van der Waals surface area contributed by atoms with Crippen molar-refractivity contribution in [1.29, 1.82) is 0 Å². The lowest BCUT2D eigenvalue weighted by Gasteiger charge is -2.41. The Morgan fingerprint density at radius 1 is 0.975 bits per heavy atom. The molecule has 5 N–H and O–H groups in total. The number of nitrogens with two attached hydrogens (primary N) is 1. The first kappa shape index (κ1) is 35.6. The highest BCUT2D eigenvalue weighted by atomic mass is 16.6. The van der Waals surface area contributed by atoms with Gasteiger partial charge in [-0.2, -0.15) is 0 Å². The van der Waals surface area contributed by atoms with Crippen molar-refractivity contribution in [3.05, 3.63) is 10.1 Å². The summed E-state index contributed by atoms with van der Waals surface area (Å²) >= 11 is 0. The molecule has 4 rings (SSSR count). The summed E-state index contributed by atoms with van der Waals surface area (Å²) in [6.45, 7) is 2.90. The fourth-order valence-electron chi connectivity index (χ4n) is 5.39. The first-order valence-corrected chi connectivity index (χ1v) is 14.7. The van der Waals surface area contributed by atoms with Crippen molar-refractivity contribution in [2.45, 2.75) is 114 Å². The molecule has 1 heterocycles. The van der Waals surface area contributed by atoms with Gasteiger partial charge in [0.2, 0.25) is 12.5 Å². The zero-order chi connectivity index (χ0) is 29.9. The Morgan fingerprint density at radius 2 is 1.50 bits per heavy atom. The number of nitrogens with zero attached hydrogens (tertiary/aromatic N) is 1. The summed E-state index contributed by atoms with van der Waals surface area (Å²) in [6, 6.07) is 0. The van der Waals surface area contributed by atoms with E-state index >= 15 is 0 Å². The first-order valence-electron chi connectivity index (χ1n) is 14.7. The molecule has 1 spiro atoms. The minimum atomic E-state index is -0.518. The Balaban J connectivity index is 0.000000291. The van der Waals surface area contributed by atoms with E-state index in [0.717, 1.165) is 64.3 Å². The van der Waals surface area contributed by atoms with Gasteiger partial charge in [-0.3, -0.25) is 34.6 Å². The van der Waals surface area contributed by atoms with Gasteiger partial charge in [-0.05, 0) is 45.4 Å². The molecule has 0 unspecified atom stereocenters. The van der Waals surface area contributed by atoms with Gasteiger partial charge >= 0.3 is 5.97 Å². The average Bonchev–Trinajstić information content (AvgIpc) is 2.95. The minimum Gasteiger partial charge on any atom is -0.468 e. The van der Waals surface area contributed by atoms with Crippen molar-refractivity contribution in [2.75, 3.05) is 39.8 Å². The fraction of sp³-hybridized carbons (Fsp3) is 0.857. The average molecular weight is 570 g/mol. The van der Waals surface area contributed by atoms with Crippen LogP contribution in [0.25, 0.3) is 0 Å². The molecule has 0 aromatic rings. The van der Waals surface area contributed by atoms with Crippen LogP contribution in [0.1, 0.15) is 103 Å². The van der Waals surface area contributed by atoms with Gasteiger partial charge in [-0.25, -0.2) is 0 Å². The molecular formula is C28H51N5O7. The van der Waals surface area contributed by atoms with Crippen LogP contribution in [0.3, 0.4) is 0 Å². The van der Waals surface area contributed by atoms with E-state index in [4.69, 9.17) is 5.73 Å². The van der Waals surface area contributed by atoms with E-state index in [9.17, 15) is 29.3 Å². The van der Waals surface area contributed by atoms with Crippen molar-refractivity contribution >= 4 is 23.4 Å². The Hall–Kier alpha value is -2.44. The molecule has 1 saturated heterocycles. The van der Waals surface area contributed by atoms with Crippen molar-refractivity contribution in [3.63, 3.8) is 0 Å². The molecule has 0 aromatic carbocycles. The molecule has 0 atom stereocenters. The third kappa shape index (κ3) is 15.4. The van der Waals surface area contributed by atoms with Crippen LogP contribution in [0.2, 0.25) is 0 Å². The van der Waals surface area contributed by atoms with E-state index in [2.05, 4.69) is 20.7 Å². The smallest absolute Gasteiger partial charge is 0.319 e. The molecule has 40 heavy (non-hydrogen) atoms. The maximum Gasteiger partial charge on any atom is 0.319 e. The Bertz CT molecular complexity index is 789. The highest BCUT2D eigenvalue weighted by molar-refractivity contribution is 5.79. The number of piperazine rings is 1. The number of hydrogen-bond donors (Lipinski definition) is 4. The second kappa shape index (κ2) is 19.6.